The summed E-state index contributed by atoms with van der Waals surface area (Å²) in [6, 6.07) is 20.7. The molecule has 0 aliphatic heterocycles. The van der Waals surface area contributed by atoms with E-state index < -0.39 is 0 Å². The van der Waals surface area contributed by atoms with Gasteiger partial charge in [-0.1, -0.05) is 35.9 Å². The van der Waals surface area contributed by atoms with Crippen LogP contribution in [-0.4, -0.2) is 15.9 Å². The van der Waals surface area contributed by atoms with E-state index in [4.69, 9.17) is 9.15 Å². The predicted molar refractivity (Wildman–Crippen MR) is 110 cm³/mol. The molecule has 4 aromatic rings. The van der Waals surface area contributed by atoms with E-state index >= 15 is 0 Å². The maximum atomic E-state index is 12.3. The zero-order valence-electron chi connectivity index (χ0n) is 15.8. The van der Waals surface area contributed by atoms with Crippen LogP contribution < -0.4 is 10.1 Å². The van der Waals surface area contributed by atoms with E-state index in [1.165, 1.54) is 6.26 Å². The van der Waals surface area contributed by atoms with Crippen LogP contribution in [0.1, 0.15) is 11.3 Å². The molecule has 2 aromatic carbocycles. The van der Waals surface area contributed by atoms with Gasteiger partial charge in [-0.25, -0.2) is 9.97 Å². The number of oxazole rings is 1. The number of amides is 1. The summed E-state index contributed by atoms with van der Waals surface area (Å²) in [5, 5.41) is 2.80. The van der Waals surface area contributed by atoms with Crippen molar-refractivity contribution in [3.8, 4) is 23.1 Å². The molecule has 144 valence electrons. The molecule has 2 heterocycles. The average molecular weight is 385 g/mol. The van der Waals surface area contributed by atoms with Crippen LogP contribution in [0.15, 0.2) is 83.6 Å². The summed E-state index contributed by atoms with van der Waals surface area (Å²) < 4.78 is 11.1. The highest BCUT2D eigenvalue weighted by Gasteiger charge is 2.11. The number of carbonyl (C=O) groups is 1. The number of ether oxygens (including phenoxy) is 1. The van der Waals surface area contributed by atoms with Crippen molar-refractivity contribution in [2.75, 3.05) is 5.32 Å². The zero-order valence-corrected chi connectivity index (χ0v) is 15.8. The molecule has 0 unspecified atom stereocenters. The van der Waals surface area contributed by atoms with Gasteiger partial charge in [0.05, 0.1) is 24.0 Å². The van der Waals surface area contributed by atoms with Gasteiger partial charge in [0.1, 0.15) is 12.0 Å². The average Bonchev–Trinajstić information content (AvgIpc) is 3.20. The van der Waals surface area contributed by atoms with Crippen LogP contribution in [0, 0.1) is 6.92 Å². The second-order valence-electron chi connectivity index (χ2n) is 6.54. The number of benzene rings is 2. The Kier molecular flexibility index (Phi) is 5.33. The molecule has 0 aliphatic carbocycles. The second kappa shape index (κ2) is 8.39. The molecule has 2 aromatic heterocycles. The number of nitrogens with one attached hydrogen (secondary N) is 1. The van der Waals surface area contributed by atoms with Gasteiger partial charge in [-0.2, -0.15) is 0 Å². The first-order valence-corrected chi connectivity index (χ1v) is 9.16. The van der Waals surface area contributed by atoms with Gasteiger partial charge in [0.25, 0.3) is 0 Å². The van der Waals surface area contributed by atoms with Crippen molar-refractivity contribution >= 4 is 11.6 Å². The van der Waals surface area contributed by atoms with Crippen LogP contribution in [0.5, 0.6) is 11.6 Å². The SMILES string of the molecule is Cc1ccc(Oc2ccc(NC(=O)Cc3coc(-c4ccccc4)n3)cn2)cc1. The van der Waals surface area contributed by atoms with E-state index in [0.29, 0.717) is 28.9 Å². The lowest BCUT2D eigenvalue weighted by Gasteiger charge is -2.07. The molecule has 29 heavy (non-hydrogen) atoms. The number of anilines is 1. The lowest BCUT2D eigenvalue weighted by molar-refractivity contribution is -0.115. The first-order chi connectivity index (χ1) is 14.2. The van der Waals surface area contributed by atoms with Crippen LogP contribution in [0.2, 0.25) is 0 Å². The molecular formula is C23H19N3O3. The maximum Gasteiger partial charge on any atom is 0.230 e. The van der Waals surface area contributed by atoms with Crippen molar-refractivity contribution < 1.29 is 13.9 Å². The normalized spacial score (nSPS) is 10.5. The minimum Gasteiger partial charge on any atom is -0.444 e. The number of rotatable bonds is 6. The van der Waals surface area contributed by atoms with E-state index in [9.17, 15) is 4.79 Å². The topological polar surface area (TPSA) is 77.2 Å². The summed E-state index contributed by atoms with van der Waals surface area (Å²) in [4.78, 5) is 20.9. The molecule has 0 saturated heterocycles. The molecule has 0 saturated carbocycles. The number of aromatic nitrogens is 2. The molecule has 0 radical (unpaired) electrons. The number of pyridine rings is 1. The third kappa shape index (κ3) is 4.87. The standard InChI is InChI=1S/C23H19N3O3/c1-16-7-10-20(11-8-16)29-22-12-9-18(14-24-22)25-21(27)13-19-15-28-23(26-19)17-5-3-2-4-6-17/h2-12,14-15H,13H2,1H3,(H,25,27). The van der Waals surface area contributed by atoms with E-state index in [0.717, 1.165) is 11.1 Å². The largest absolute Gasteiger partial charge is 0.444 e. The Balaban J connectivity index is 1.34. The van der Waals surface area contributed by atoms with E-state index in [1.54, 1.807) is 18.3 Å². The van der Waals surface area contributed by atoms with Gasteiger partial charge in [0.15, 0.2) is 0 Å². The monoisotopic (exact) mass is 385 g/mol. The van der Waals surface area contributed by atoms with Gasteiger partial charge in [0, 0.05) is 11.6 Å². The Labute approximate surface area is 168 Å². The first kappa shape index (κ1) is 18.4. The molecule has 6 nitrogen and oxygen atoms in total. The number of nitrogens with zero attached hydrogens (tertiary/aromatic N) is 2. The summed E-state index contributed by atoms with van der Waals surface area (Å²) in [5.74, 6) is 1.45. The fourth-order valence-electron chi connectivity index (χ4n) is 2.71. The minimum absolute atomic E-state index is 0.109. The van der Waals surface area contributed by atoms with Crippen LogP contribution >= 0.6 is 0 Å². The van der Waals surface area contributed by atoms with Gasteiger partial charge in [0.2, 0.25) is 17.7 Å². The number of aryl methyl sites for hydroxylation is 1. The second-order valence-corrected chi connectivity index (χ2v) is 6.54. The van der Waals surface area contributed by atoms with E-state index in [-0.39, 0.29) is 12.3 Å². The highest BCUT2D eigenvalue weighted by Crippen LogP contribution is 2.21. The van der Waals surface area contributed by atoms with Crippen molar-refractivity contribution in [3.05, 3.63) is 90.4 Å². The highest BCUT2D eigenvalue weighted by molar-refractivity contribution is 5.91. The van der Waals surface area contributed by atoms with Crippen molar-refractivity contribution in [2.24, 2.45) is 0 Å². The third-order valence-electron chi connectivity index (χ3n) is 4.18. The van der Waals surface area contributed by atoms with Crippen LogP contribution in [0.4, 0.5) is 5.69 Å². The lowest BCUT2D eigenvalue weighted by atomic mass is 10.2. The van der Waals surface area contributed by atoms with Crippen molar-refractivity contribution in [2.45, 2.75) is 13.3 Å². The van der Waals surface area contributed by atoms with Gasteiger partial charge < -0.3 is 14.5 Å². The smallest absolute Gasteiger partial charge is 0.230 e. The Morgan fingerprint density at radius 3 is 2.55 bits per heavy atom. The fourth-order valence-corrected chi connectivity index (χ4v) is 2.71. The summed E-state index contributed by atoms with van der Waals surface area (Å²) in [6.45, 7) is 2.01. The quantitative estimate of drug-likeness (QED) is 0.504. The Morgan fingerprint density at radius 2 is 1.83 bits per heavy atom. The summed E-state index contributed by atoms with van der Waals surface area (Å²) >= 11 is 0. The summed E-state index contributed by atoms with van der Waals surface area (Å²) in [6.07, 6.45) is 3.16. The fraction of sp³-hybridized carbons (Fsp3) is 0.0870. The van der Waals surface area contributed by atoms with Crippen molar-refractivity contribution in [1.29, 1.82) is 0 Å². The maximum absolute atomic E-state index is 12.3. The molecule has 0 fully saturated rings. The molecule has 1 N–H and O–H groups in total. The van der Waals surface area contributed by atoms with Gasteiger partial charge in [-0.15, -0.1) is 0 Å². The molecule has 6 heteroatoms. The molecule has 1 amide bonds. The Hall–Kier alpha value is -3.93. The number of hydrogen-bond donors (Lipinski definition) is 1. The summed E-state index contributed by atoms with van der Waals surface area (Å²) in [5.41, 5.74) is 3.17. The van der Waals surface area contributed by atoms with Gasteiger partial charge in [-0.3, -0.25) is 4.79 Å². The number of hydrogen-bond acceptors (Lipinski definition) is 5. The predicted octanol–water partition coefficient (Wildman–Crippen LogP) is 5.02. The molecule has 0 spiro atoms. The van der Waals surface area contributed by atoms with Gasteiger partial charge in [-0.05, 0) is 37.3 Å². The van der Waals surface area contributed by atoms with Crippen LogP contribution in [-0.2, 0) is 11.2 Å². The first-order valence-electron chi connectivity index (χ1n) is 9.16. The van der Waals surface area contributed by atoms with Crippen molar-refractivity contribution in [1.82, 2.24) is 9.97 Å². The summed E-state index contributed by atoms with van der Waals surface area (Å²) in [7, 11) is 0. The number of carbonyl (C=O) groups excluding carboxylic acids is 1. The zero-order chi connectivity index (χ0) is 20.1. The Bertz CT molecular complexity index is 1090. The van der Waals surface area contributed by atoms with Crippen molar-refractivity contribution in [3.63, 3.8) is 0 Å². The van der Waals surface area contributed by atoms with Crippen LogP contribution in [0.3, 0.4) is 0 Å². The van der Waals surface area contributed by atoms with Crippen LogP contribution in [0.25, 0.3) is 11.5 Å². The molecule has 0 aliphatic rings. The Morgan fingerprint density at radius 1 is 1.03 bits per heavy atom. The highest BCUT2D eigenvalue weighted by atomic mass is 16.5. The van der Waals surface area contributed by atoms with Gasteiger partial charge >= 0.3 is 0 Å². The minimum atomic E-state index is -0.202. The van der Waals surface area contributed by atoms with E-state index in [1.807, 2.05) is 61.5 Å². The third-order valence-corrected chi connectivity index (χ3v) is 4.18. The lowest BCUT2D eigenvalue weighted by Crippen LogP contribution is -2.14. The molecule has 4 rings (SSSR count). The molecule has 0 atom stereocenters. The molecule has 0 bridgehead atoms. The molecular weight excluding hydrogens is 366 g/mol. The van der Waals surface area contributed by atoms with E-state index in [2.05, 4.69) is 15.3 Å².